The van der Waals surface area contributed by atoms with Crippen LogP contribution in [0.4, 0.5) is 17.1 Å². The largest absolute Gasteiger partial charge is 0.310 e. The lowest BCUT2D eigenvalue weighted by atomic mass is 9.67. The van der Waals surface area contributed by atoms with E-state index in [0.29, 0.717) is 0 Å². The van der Waals surface area contributed by atoms with Crippen molar-refractivity contribution in [3.8, 4) is 22.3 Å². The molecule has 2 aliphatic carbocycles. The van der Waals surface area contributed by atoms with Crippen LogP contribution in [0.2, 0.25) is 0 Å². The van der Waals surface area contributed by atoms with E-state index >= 15 is 0 Å². The quantitative estimate of drug-likeness (QED) is 0.155. The predicted molar refractivity (Wildman–Crippen MR) is 273 cm³/mol. The van der Waals surface area contributed by atoms with Gasteiger partial charge in [0.25, 0.3) is 0 Å². The van der Waals surface area contributed by atoms with Gasteiger partial charge in [-0.3, -0.25) is 0 Å². The lowest BCUT2D eigenvalue weighted by Crippen LogP contribution is -2.29. The zero-order valence-corrected chi connectivity index (χ0v) is 38.3. The highest BCUT2D eigenvalue weighted by Crippen LogP contribution is 2.59. The van der Waals surface area contributed by atoms with Crippen molar-refractivity contribution in [1.82, 2.24) is 0 Å². The standard InChI is InChI=1S/C64H55N/c1-61(2,3)44-30-34-48(35-31-44)63(46-20-10-7-11-21-46)57-28-18-16-26-53(57)55-40-38-51(42-59(55)63)65(50-24-14-9-15-25-50)52-39-41-56-54-27-17-19-29-58(54)64(60(56)43-52,47-22-12-8-13-23-47)49-36-32-45(33-37-49)62(4,5)6/h7-43H,1-6H3. The fourth-order valence-corrected chi connectivity index (χ4v) is 11.2. The molecule has 9 aromatic rings. The minimum absolute atomic E-state index is 0.0402. The molecule has 0 amide bonds. The number of fused-ring (bicyclic) bond motifs is 6. The molecule has 11 rings (SSSR count). The summed E-state index contributed by atoms with van der Waals surface area (Å²) in [7, 11) is 0. The average Bonchev–Trinajstić information content (AvgIpc) is 3.80. The molecule has 9 aromatic carbocycles. The smallest absolute Gasteiger partial charge is 0.0714 e. The van der Waals surface area contributed by atoms with Crippen molar-refractivity contribution in [3.05, 3.63) is 280 Å². The molecule has 0 bridgehead atoms. The molecule has 0 heterocycles. The SMILES string of the molecule is CC(C)(C)c1ccc(C2(c3ccccc3)c3ccccc3-c3ccc(N(c4ccccc4)c4ccc5c(c4)C(c4ccccc4)(c4ccc(C(C)(C)C)cc4)c4ccccc4-5)cc32)cc1. The van der Waals surface area contributed by atoms with E-state index in [1.807, 2.05) is 0 Å². The number of hydrogen-bond acceptors (Lipinski definition) is 1. The zero-order chi connectivity index (χ0) is 44.6. The summed E-state index contributed by atoms with van der Waals surface area (Å²) in [5.74, 6) is 0. The fraction of sp³-hybridized carbons (Fsp3) is 0.156. The number of para-hydroxylation sites is 1. The Morgan fingerprint density at radius 1 is 0.277 bits per heavy atom. The molecular formula is C64H55N. The summed E-state index contributed by atoms with van der Waals surface area (Å²) < 4.78 is 0. The molecule has 0 aromatic heterocycles. The highest BCUT2D eigenvalue weighted by molar-refractivity contribution is 5.92. The van der Waals surface area contributed by atoms with E-state index in [-0.39, 0.29) is 10.8 Å². The van der Waals surface area contributed by atoms with Gasteiger partial charge >= 0.3 is 0 Å². The topological polar surface area (TPSA) is 3.24 Å². The molecule has 0 aliphatic heterocycles. The van der Waals surface area contributed by atoms with Crippen LogP contribution >= 0.6 is 0 Å². The van der Waals surface area contributed by atoms with Crippen LogP contribution in [0.1, 0.15) is 97.2 Å². The van der Waals surface area contributed by atoms with Gasteiger partial charge in [-0.15, -0.1) is 0 Å². The van der Waals surface area contributed by atoms with Crippen LogP contribution in [0.25, 0.3) is 22.3 Å². The first-order valence-corrected chi connectivity index (χ1v) is 23.2. The van der Waals surface area contributed by atoms with E-state index in [1.165, 1.54) is 77.9 Å². The highest BCUT2D eigenvalue weighted by atomic mass is 15.1. The Morgan fingerprint density at radius 3 is 0.985 bits per heavy atom. The lowest BCUT2D eigenvalue weighted by Gasteiger charge is -2.36. The number of benzene rings is 9. The van der Waals surface area contributed by atoms with Crippen molar-refractivity contribution in [2.45, 2.75) is 63.2 Å². The first kappa shape index (κ1) is 40.5. The van der Waals surface area contributed by atoms with Crippen molar-refractivity contribution in [3.63, 3.8) is 0 Å². The van der Waals surface area contributed by atoms with E-state index in [0.717, 1.165) is 17.1 Å². The third-order valence-electron chi connectivity index (χ3n) is 14.4. The predicted octanol–water partition coefficient (Wildman–Crippen LogP) is 16.5. The van der Waals surface area contributed by atoms with E-state index in [1.54, 1.807) is 0 Å². The normalized spacial score (nSPS) is 17.2. The maximum Gasteiger partial charge on any atom is 0.0714 e. The molecule has 0 saturated heterocycles. The van der Waals surface area contributed by atoms with Gasteiger partial charge in [0.05, 0.1) is 10.8 Å². The van der Waals surface area contributed by atoms with Gasteiger partial charge < -0.3 is 4.90 Å². The molecule has 0 saturated carbocycles. The maximum atomic E-state index is 2.49. The molecule has 0 radical (unpaired) electrons. The summed E-state index contributed by atoms with van der Waals surface area (Å²) in [6, 6.07) is 84.7. The molecule has 2 atom stereocenters. The van der Waals surface area contributed by atoms with Crippen molar-refractivity contribution in [2.24, 2.45) is 0 Å². The zero-order valence-electron chi connectivity index (χ0n) is 38.3. The molecular weight excluding hydrogens is 783 g/mol. The summed E-state index contributed by atoms with van der Waals surface area (Å²) >= 11 is 0. The molecule has 1 nitrogen and oxygen atoms in total. The van der Waals surface area contributed by atoms with E-state index < -0.39 is 10.8 Å². The third-order valence-corrected chi connectivity index (χ3v) is 14.4. The summed E-state index contributed by atoms with van der Waals surface area (Å²) in [5.41, 5.74) is 20.4. The first-order valence-electron chi connectivity index (χ1n) is 23.2. The number of hydrogen-bond donors (Lipinski definition) is 0. The summed E-state index contributed by atoms with van der Waals surface area (Å²) in [6.07, 6.45) is 0. The fourth-order valence-electron chi connectivity index (χ4n) is 11.2. The van der Waals surface area contributed by atoms with Crippen LogP contribution in [-0.2, 0) is 21.7 Å². The van der Waals surface area contributed by atoms with Gasteiger partial charge in [0.1, 0.15) is 0 Å². The minimum atomic E-state index is -0.538. The second kappa shape index (κ2) is 15.2. The Hall–Kier alpha value is -7.22. The summed E-state index contributed by atoms with van der Waals surface area (Å²) in [6.45, 7) is 13.8. The molecule has 2 unspecified atom stereocenters. The summed E-state index contributed by atoms with van der Waals surface area (Å²) in [5, 5.41) is 0. The van der Waals surface area contributed by atoms with Gasteiger partial charge in [-0.25, -0.2) is 0 Å². The van der Waals surface area contributed by atoms with Crippen LogP contribution in [0.3, 0.4) is 0 Å². The van der Waals surface area contributed by atoms with E-state index in [4.69, 9.17) is 0 Å². The van der Waals surface area contributed by atoms with Gasteiger partial charge in [-0.2, -0.15) is 0 Å². The molecule has 2 aliphatic rings. The molecule has 0 N–H and O–H groups in total. The van der Waals surface area contributed by atoms with Crippen LogP contribution in [0, 0.1) is 0 Å². The minimum Gasteiger partial charge on any atom is -0.310 e. The molecule has 316 valence electrons. The van der Waals surface area contributed by atoms with Crippen LogP contribution in [0.5, 0.6) is 0 Å². The van der Waals surface area contributed by atoms with Crippen LogP contribution < -0.4 is 4.90 Å². The van der Waals surface area contributed by atoms with E-state index in [2.05, 4.69) is 271 Å². The number of anilines is 3. The summed E-state index contributed by atoms with van der Waals surface area (Å²) in [4.78, 5) is 2.48. The Labute approximate surface area is 385 Å². The molecule has 65 heavy (non-hydrogen) atoms. The van der Waals surface area contributed by atoms with Crippen molar-refractivity contribution < 1.29 is 0 Å². The molecule has 0 fully saturated rings. The van der Waals surface area contributed by atoms with Crippen molar-refractivity contribution >= 4 is 17.1 Å². The molecule has 0 spiro atoms. The Kier molecular flexibility index (Phi) is 9.49. The van der Waals surface area contributed by atoms with Crippen molar-refractivity contribution in [2.75, 3.05) is 4.90 Å². The van der Waals surface area contributed by atoms with Crippen LogP contribution in [-0.4, -0.2) is 0 Å². The second-order valence-corrected chi connectivity index (χ2v) is 20.1. The van der Waals surface area contributed by atoms with Gasteiger partial charge in [0.15, 0.2) is 0 Å². The third kappa shape index (κ3) is 6.28. The monoisotopic (exact) mass is 837 g/mol. The number of rotatable bonds is 7. The Bertz CT molecular complexity index is 2990. The van der Waals surface area contributed by atoms with E-state index in [9.17, 15) is 0 Å². The van der Waals surface area contributed by atoms with Gasteiger partial charge in [0.2, 0.25) is 0 Å². The lowest BCUT2D eigenvalue weighted by molar-refractivity contribution is 0.589. The maximum absolute atomic E-state index is 2.49. The Balaban J connectivity index is 1.17. The van der Waals surface area contributed by atoms with Crippen molar-refractivity contribution in [1.29, 1.82) is 0 Å². The average molecular weight is 838 g/mol. The van der Waals surface area contributed by atoms with Gasteiger partial charge in [-0.05, 0) is 125 Å². The van der Waals surface area contributed by atoms with Gasteiger partial charge in [0, 0.05) is 17.1 Å². The first-order chi connectivity index (χ1) is 31.5. The molecule has 1 heteroatoms. The highest BCUT2D eigenvalue weighted by Gasteiger charge is 2.48. The van der Waals surface area contributed by atoms with Crippen LogP contribution in [0.15, 0.2) is 224 Å². The Morgan fingerprint density at radius 2 is 0.600 bits per heavy atom. The second-order valence-electron chi connectivity index (χ2n) is 20.1. The van der Waals surface area contributed by atoms with Gasteiger partial charge in [-0.1, -0.05) is 230 Å². The number of nitrogens with zero attached hydrogens (tertiary/aromatic N) is 1.